The molecule has 1 atom stereocenters. The van der Waals surface area contributed by atoms with Crippen LogP contribution in [0.4, 0.5) is 0 Å². The van der Waals surface area contributed by atoms with Gasteiger partial charge in [-0.1, -0.05) is 24.6 Å². The number of aryl methyl sites for hydroxylation is 1. The number of hydrogen-bond donors (Lipinski definition) is 1. The van der Waals surface area contributed by atoms with Crippen LogP contribution >= 0.6 is 11.6 Å². The minimum absolute atomic E-state index is 0.00574. The first kappa shape index (κ1) is 11.1. The highest BCUT2D eigenvalue weighted by atomic mass is 35.5. The molecule has 0 bridgehead atoms. The normalized spacial score (nSPS) is 12.5. The molecule has 0 heterocycles. The number of aliphatic carboxylic acids is 1. The molecule has 1 N–H and O–H groups in total. The summed E-state index contributed by atoms with van der Waals surface area (Å²) in [6.45, 7) is 3.86. The van der Waals surface area contributed by atoms with Crippen molar-refractivity contribution in [2.45, 2.75) is 26.2 Å². The summed E-state index contributed by atoms with van der Waals surface area (Å²) < 4.78 is 0. The van der Waals surface area contributed by atoms with Gasteiger partial charge in [-0.3, -0.25) is 4.79 Å². The van der Waals surface area contributed by atoms with Gasteiger partial charge in [0.05, 0.1) is 6.42 Å². The molecule has 0 amide bonds. The standard InChI is InChI=1S/C11H13ClO2/c1-7-3-4-9(12)6-10(7)8(2)5-11(13)14/h3-4,6,8H,5H2,1-2H3,(H,13,14). The molecule has 0 aliphatic heterocycles. The van der Waals surface area contributed by atoms with Crippen LogP contribution in [0.3, 0.4) is 0 Å². The maximum atomic E-state index is 10.5. The Hall–Kier alpha value is -1.02. The van der Waals surface area contributed by atoms with Crippen LogP contribution in [-0.2, 0) is 4.79 Å². The fourth-order valence-electron chi connectivity index (χ4n) is 1.51. The van der Waals surface area contributed by atoms with E-state index in [0.717, 1.165) is 11.1 Å². The van der Waals surface area contributed by atoms with Crippen molar-refractivity contribution < 1.29 is 9.90 Å². The van der Waals surface area contributed by atoms with Crippen LogP contribution in [-0.4, -0.2) is 11.1 Å². The second kappa shape index (κ2) is 4.47. The molecular weight excluding hydrogens is 200 g/mol. The molecule has 1 rings (SSSR count). The Balaban J connectivity index is 2.93. The molecule has 3 heteroatoms. The van der Waals surface area contributed by atoms with Gasteiger partial charge in [-0.15, -0.1) is 0 Å². The summed E-state index contributed by atoms with van der Waals surface area (Å²) in [6.07, 6.45) is 0.140. The summed E-state index contributed by atoms with van der Waals surface area (Å²) in [7, 11) is 0. The van der Waals surface area contributed by atoms with Gasteiger partial charge in [0.25, 0.3) is 0 Å². The van der Waals surface area contributed by atoms with E-state index in [0.29, 0.717) is 5.02 Å². The number of halogens is 1. The molecule has 1 unspecified atom stereocenters. The fraction of sp³-hybridized carbons (Fsp3) is 0.364. The summed E-state index contributed by atoms with van der Waals surface area (Å²) in [6, 6.07) is 5.56. The number of benzene rings is 1. The van der Waals surface area contributed by atoms with Gasteiger partial charge in [-0.25, -0.2) is 0 Å². The number of carboxylic acid groups (broad SMARTS) is 1. The third-order valence-corrected chi connectivity index (χ3v) is 2.49. The van der Waals surface area contributed by atoms with E-state index in [1.807, 2.05) is 32.0 Å². The fourth-order valence-corrected chi connectivity index (χ4v) is 1.69. The predicted molar refractivity (Wildman–Crippen MR) is 56.9 cm³/mol. The lowest BCUT2D eigenvalue weighted by Crippen LogP contribution is -2.04. The average molecular weight is 213 g/mol. The highest BCUT2D eigenvalue weighted by molar-refractivity contribution is 6.30. The highest BCUT2D eigenvalue weighted by Gasteiger charge is 2.12. The van der Waals surface area contributed by atoms with Crippen LogP contribution in [0.1, 0.15) is 30.4 Å². The van der Waals surface area contributed by atoms with Crippen molar-refractivity contribution in [1.29, 1.82) is 0 Å². The first-order valence-corrected chi connectivity index (χ1v) is 4.86. The van der Waals surface area contributed by atoms with Crippen LogP contribution in [0, 0.1) is 6.92 Å². The van der Waals surface area contributed by atoms with Gasteiger partial charge >= 0.3 is 5.97 Å². The number of hydrogen-bond acceptors (Lipinski definition) is 1. The van der Waals surface area contributed by atoms with Gasteiger partial charge in [0, 0.05) is 5.02 Å². The summed E-state index contributed by atoms with van der Waals surface area (Å²) in [5.74, 6) is -0.775. The highest BCUT2D eigenvalue weighted by Crippen LogP contribution is 2.25. The minimum Gasteiger partial charge on any atom is -0.481 e. The summed E-state index contributed by atoms with van der Waals surface area (Å²) in [5, 5.41) is 9.33. The molecule has 0 fully saturated rings. The molecule has 0 aliphatic rings. The lowest BCUT2D eigenvalue weighted by molar-refractivity contribution is -0.137. The van der Waals surface area contributed by atoms with Crippen molar-refractivity contribution in [3.05, 3.63) is 34.3 Å². The monoisotopic (exact) mass is 212 g/mol. The van der Waals surface area contributed by atoms with Crippen molar-refractivity contribution in [3.63, 3.8) is 0 Å². The maximum Gasteiger partial charge on any atom is 0.303 e. The SMILES string of the molecule is Cc1ccc(Cl)cc1C(C)CC(=O)O. The number of carbonyl (C=O) groups is 1. The summed E-state index contributed by atoms with van der Waals surface area (Å²) >= 11 is 5.85. The Morgan fingerprint density at radius 1 is 1.57 bits per heavy atom. The minimum atomic E-state index is -0.781. The summed E-state index contributed by atoms with van der Waals surface area (Å²) in [5.41, 5.74) is 2.10. The van der Waals surface area contributed by atoms with Crippen molar-refractivity contribution in [2.75, 3.05) is 0 Å². The largest absolute Gasteiger partial charge is 0.481 e. The second-order valence-electron chi connectivity index (χ2n) is 3.50. The topological polar surface area (TPSA) is 37.3 Å². The Labute approximate surface area is 88.5 Å². The Kier molecular flexibility index (Phi) is 3.53. The molecule has 0 saturated carbocycles. The number of carboxylic acids is 1. The number of rotatable bonds is 3. The zero-order valence-corrected chi connectivity index (χ0v) is 9.01. The van der Waals surface area contributed by atoms with Gasteiger partial charge in [0.2, 0.25) is 0 Å². The zero-order chi connectivity index (χ0) is 10.7. The van der Waals surface area contributed by atoms with Crippen LogP contribution in [0.25, 0.3) is 0 Å². The average Bonchev–Trinajstić information content (AvgIpc) is 2.08. The first-order valence-electron chi connectivity index (χ1n) is 4.48. The van der Waals surface area contributed by atoms with E-state index in [1.54, 1.807) is 0 Å². The van der Waals surface area contributed by atoms with E-state index < -0.39 is 5.97 Å². The zero-order valence-electron chi connectivity index (χ0n) is 8.25. The van der Waals surface area contributed by atoms with Gasteiger partial charge in [-0.05, 0) is 36.1 Å². The molecule has 0 spiro atoms. The molecule has 2 nitrogen and oxygen atoms in total. The quantitative estimate of drug-likeness (QED) is 0.835. The van der Waals surface area contributed by atoms with E-state index in [4.69, 9.17) is 16.7 Å². The molecule has 14 heavy (non-hydrogen) atoms. The Morgan fingerprint density at radius 3 is 2.79 bits per heavy atom. The van der Waals surface area contributed by atoms with Crippen LogP contribution in [0.2, 0.25) is 5.02 Å². The predicted octanol–water partition coefficient (Wildman–Crippen LogP) is 3.23. The van der Waals surface area contributed by atoms with Gasteiger partial charge in [0.15, 0.2) is 0 Å². The second-order valence-corrected chi connectivity index (χ2v) is 3.94. The van der Waals surface area contributed by atoms with Crippen LogP contribution < -0.4 is 0 Å². The van der Waals surface area contributed by atoms with Crippen LogP contribution in [0.5, 0.6) is 0 Å². The van der Waals surface area contributed by atoms with Crippen molar-refractivity contribution in [3.8, 4) is 0 Å². The molecule has 1 aromatic rings. The lowest BCUT2D eigenvalue weighted by Gasteiger charge is -2.12. The van der Waals surface area contributed by atoms with E-state index in [2.05, 4.69) is 0 Å². The van der Waals surface area contributed by atoms with Crippen molar-refractivity contribution >= 4 is 17.6 Å². The smallest absolute Gasteiger partial charge is 0.303 e. The Bertz CT molecular complexity index is 347. The first-order chi connectivity index (χ1) is 6.50. The molecular formula is C11H13ClO2. The molecule has 0 aromatic heterocycles. The van der Waals surface area contributed by atoms with Crippen molar-refractivity contribution in [1.82, 2.24) is 0 Å². The Morgan fingerprint density at radius 2 is 2.21 bits per heavy atom. The maximum absolute atomic E-state index is 10.5. The third kappa shape index (κ3) is 2.74. The molecule has 0 aliphatic carbocycles. The van der Waals surface area contributed by atoms with Gasteiger partial charge < -0.3 is 5.11 Å². The molecule has 76 valence electrons. The third-order valence-electron chi connectivity index (χ3n) is 2.25. The van der Waals surface area contributed by atoms with Gasteiger partial charge in [-0.2, -0.15) is 0 Å². The van der Waals surface area contributed by atoms with Gasteiger partial charge in [0.1, 0.15) is 0 Å². The summed E-state index contributed by atoms with van der Waals surface area (Å²) in [4.78, 5) is 10.5. The van der Waals surface area contributed by atoms with Crippen LogP contribution in [0.15, 0.2) is 18.2 Å². The lowest BCUT2D eigenvalue weighted by atomic mass is 9.94. The van der Waals surface area contributed by atoms with E-state index >= 15 is 0 Å². The molecule has 0 radical (unpaired) electrons. The van der Waals surface area contributed by atoms with E-state index in [-0.39, 0.29) is 12.3 Å². The van der Waals surface area contributed by atoms with E-state index in [1.165, 1.54) is 0 Å². The van der Waals surface area contributed by atoms with E-state index in [9.17, 15) is 4.79 Å². The molecule has 0 saturated heterocycles. The molecule has 1 aromatic carbocycles. The van der Waals surface area contributed by atoms with Crippen molar-refractivity contribution in [2.24, 2.45) is 0 Å².